The average Bonchev–Trinajstić information content (AvgIpc) is 2.86. The second kappa shape index (κ2) is 12.2. The number of hydrogen-bond acceptors (Lipinski definition) is 7. The van der Waals surface area contributed by atoms with Crippen LogP contribution in [-0.4, -0.2) is 64.4 Å². The van der Waals surface area contributed by atoms with Crippen LogP contribution in [-0.2, 0) is 4.79 Å². The van der Waals surface area contributed by atoms with Crippen molar-refractivity contribution < 1.29 is 33.0 Å². The first-order valence-electron chi connectivity index (χ1n) is 11.6. The van der Waals surface area contributed by atoms with Crippen molar-refractivity contribution in [3.63, 3.8) is 0 Å². The van der Waals surface area contributed by atoms with Gasteiger partial charge in [0.05, 0.1) is 11.1 Å². The van der Waals surface area contributed by atoms with Gasteiger partial charge in [0.2, 0.25) is 5.95 Å². The van der Waals surface area contributed by atoms with Gasteiger partial charge in [-0.3, -0.25) is 4.79 Å². The molecule has 1 aliphatic rings. The van der Waals surface area contributed by atoms with E-state index >= 15 is 0 Å². The molecule has 0 bridgehead atoms. The lowest BCUT2D eigenvalue weighted by Crippen LogP contribution is -2.40. The van der Waals surface area contributed by atoms with E-state index in [9.17, 15) is 23.1 Å². The summed E-state index contributed by atoms with van der Waals surface area (Å²) in [5.74, 6) is -1.62. The number of halogens is 4. The van der Waals surface area contributed by atoms with Gasteiger partial charge in [0.1, 0.15) is 11.6 Å². The molecule has 1 amide bonds. The summed E-state index contributed by atoms with van der Waals surface area (Å²) in [6, 6.07) is 12.8. The van der Waals surface area contributed by atoms with E-state index in [0.717, 1.165) is 42.4 Å². The number of benzene rings is 2. The molecular weight excluding hydrogens is 527 g/mol. The van der Waals surface area contributed by atoms with Crippen LogP contribution in [0.15, 0.2) is 42.5 Å². The smallest absolute Gasteiger partial charge is 0.490 e. The minimum atomic E-state index is -5.08. The van der Waals surface area contributed by atoms with Crippen molar-refractivity contribution in [2.24, 2.45) is 0 Å². The van der Waals surface area contributed by atoms with Crippen LogP contribution in [0.4, 0.5) is 24.9 Å². The van der Waals surface area contributed by atoms with Crippen molar-refractivity contribution in [2.45, 2.75) is 43.9 Å². The first kappa shape index (κ1) is 28.8. The van der Waals surface area contributed by atoms with Crippen LogP contribution in [0.25, 0.3) is 10.9 Å². The molecule has 0 aliphatic heterocycles. The number of carboxylic acid groups (broad SMARTS) is 1. The van der Waals surface area contributed by atoms with Crippen molar-refractivity contribution in [1.29, 1.82) is 0 Å². The highest BCUT2D eigenvalue weighted by Crippen LogP contribution is 2.27. The number of phenols is 1. The second-order valence-electron chi connectivity index (χ2n) is 8.91. The Morgan fingerprint density at radius 1 is 1.03 bits per heavy atom. The molecule has 0 radical (unpaired) electrons. The van der Waals surface area contributed by atoms with Crippen LogP contribution in [0.3, 0.4) is 0 Å². The predicted octanol–water partition coefficient (Wildman–Crippen LogP) is 4.84. The van der Waals surface area contributed by atoms with Gasteiger partial charge in [-0.15, -0.1) is 0 Å². The summed E-state index contributed by atoms with van der Waals surface area (Å²) in [5.41, 5.74) is 1.11. The average molecular weight is 554 g/mol. The fourth-order valence-corrected chi connectivity index (χ4v) is 4.16. The number of aliphatic carboxylic acids is 1. The van der Waals surface area contributed by atoms with E-state index in [1.165, 1.54) is 12.1 Å². The minimum Gasteiger partial charge on any atom is -0.507 e. The zero-order valence-electron chi connectivity index (χ0n) is 20.6. The number of hydrogen-bond donors (Lipinski definition) is 4. The zero-order chi connectivity index (χ0) is 28.0. The highest BCUT2D eigenvalue weighted by Gasteiger charge is 2.38. The summed E-state index contributed by atoms with van der Waals surface area (Å²) in [7, 11) is 3.95. The molecule has 2 aromatic carbocycles. The van der Waals surface area contributed by atoms with Gasteiger partial charge in [0.25, 0.3) is 5.91 Å². The van der Waals surface area contributed by atoms with E-state index in [1.54, 1.807) is 6.07 Å². The highest BCUT2D eigenvalue weighted by atomic mass is 35.5. The van der Waals surface area contributed by atoms with Crippen LogP contribution in [0.5, 0.6) is 5.75 Å². The minimum absolute atomic E-state index is 0.0544. The normalized spacial score (nSPS) is 17.2. The van der Waals surface area contributed by atoms with Gasteiger partial charge in [0.15, 0.2) is 0 Å². The molecule has 1 saturated carbocycles. The standard InChI is InChI=1S/C23H26ClN5O2.C2HF3O2/c1-29(2)21-17-5-3-4-6-19(17)27-23(28-21)26-16-10-8-15(9-11-16)25-22(31)18-13-14(24)7-12-20(18)30;3-2(4,5)1(6)7/h3-7,12-13,15-16,30H,8-11H2,1-2H3,(H,25,31)(H,26,27,28);(H,6,7). The molecule has 0 atom stereocenters. The molecule has 1 aliphatic carbocycles. The number of phenolic OH excluding ortho intramolecular Hbond substituents is 1. The number of nitrogens with one attached hydrogen (secondary N) is 2. The predicted molar refractivity (Wildman–Crippen MR) is 138 cm³/mol. The molecule has 0 unspecified atom stereocenters. The highest BCUT2D eigenvalue weighted by molar-refractivity contribution is 6.31. The Morgan fingerprint density at radius 2 is 1.63 bits per heavy atom. The number of rotatable bonds is 5. The molecule has 13 heteroatoms. The number of alkyl halides is 3. The summed E-state index contributed by atoms with van der Waals surface area (Å²) >= 11 is 5.95. The molecule has 1 aromatic heterocycles. The Bertz CT molecular complexity index is 1300. The second-order valence-corrected chi connectivity index (χ2v) is 9.35. The van der Waals surface area contributed by atoms with Gasteiger partial charge in [-0.1, -0.05) is 23.7 Å². The fraction of sp³-hybridized carbons (Fsp3) is 0.360. The first-order valence-corrected chi connectivity index (χ1v) is 12.0. The Balaban J connectivity index is 0.000000505. The number of anilines is 2. The van der Waals surface area contributed by atoms with Crippen LogP contribution in [0.1, 0.15) is 36.0 Å². The Hall–Kier alpha value is -3.80. The third kappa shape index (κ3) is 7.60. The maximum Gasteiger partial charge on any atom is 0.490 e. The molecule has 0 spiro atoms. The monoisotopic (exact) mass is 553 g/mol. The van der Waals surface area contributed by atoms with E-state index in [2.05, 4.69) is 15.6 Å². The SMILES string of the molecule is CN(C)c1nc(NC2CCC(NC(=O)c3cc(Cl)ccc3O)CC2)nc2ccccc12.O=C(O)C(F)(F)F. The molecule has 38 heavy (non-hydrogen) atoms. The van der Waals surface area contributed by atoms with Crippen LogP contribution in [0, 0.1) is 0 Å². The van der Waals surface area contributed by atoms with Gasteiger partial charge in [0, 0.05) is 36.6 Å². The van der Waals surface area contributed by atoms with Gasteiger partial charge < -0.3 is 25.7 Å². The van der Waals surface area contributed by atoms with E-state index in [0.29, 0.717) is 11.0 Å². The molecular formula is C25H27ClF3N5O4. The van der Waals surface area contributed by atoms with Gasteiger partial charge in [-0.2, -0.15) is 18.2 Å². The third-order valence-electron chi connectivity index (χ3n) is 5.85. The van der Waals surface area contributed by atoms with Crippen molar-refractivity contribution >= 4 is 46.1 Å². The summed E-state index contributed by atoms with van der Waals surface area (Å²) in [4.78, 5) is 32.8. The number of carbonyl (C=O) groups is 2. The van der Waals surface area contributed by atoms with Crippen molar-refractivity contribution in [1.82, 2.24) is 15.3 Å². The number of amides is 1. The quantitative estimate of drug-likeness (QED) is 0.353. The van der Waals surface area contributed by atoms with Crippen LogP contribution < -0.4 is 15.5 Å². The summed E-state index contributed by atoms with van der Waals surface area (Å²) in [5, 5.41) is 25.0. The lowest BCUT2D eigenvalue weighted by atomic mass is 9.91. The molecule has 204 valence electrons. The third-order valence-corrected chi connectivity index (χ3v) is 6.08. The van der Waals surface area contributed by atoms with Crippen molar-refractivity contribution in [3.8, 4) is 5.75 Å². The number of aromatic nitrogens is 2. The molecule has 4 N–H and O–H groups in total. The summed E-state index contributed by atoms with van der Waals surface area (Å²) in [6.45, 7) is 0. The Kier molecular flexibility index (Phi) is 9.21. The summed E-state index contributed by atoms with van der Waals surface area (Å²) < 4.78 is 31.7. The zero-order valence-corrected chi connectivity index (χ0v) is 21.3. The van der Waals surface area contributed by atoms with Crippen LogP contribution >= 0.6 is 11.6 Å². The number of carbonyl (C=O) groups excluding carboxylic acids is 1. The molecule has 4 rings (SSSR count). The Labute approximate surface area is 221 Å². The van der Waals surface area contributed by atoms with E-state index in [1.807, 2.05) is 43.3 Å². The largest absolute Gasteiger partial charge is 0.507 e. The topological polar surface area (TPSA) is 128 Å². The van der Waals surface area contributed by atoms with E-state index in [-0.39, 0.29) is 29.3 Å². The number of nitrogens with zero attached hydrogens (tertiary/aromatic N) is 3. The lowest BCUT2D eigenvalue weighted by molar-refractivity contribution is -0.192. The van der Waals surface area contributed by atoms with E-state index < -0.39 is 12.1 Å². The lowest BCUT2D eigenvalue weighted by Gasteiger charge is -2.30. The number of fused-ring (bicyclic) bond motifs is 1. The number of aromatic hydroxyl groups is 1. The van der Waals surface area contributed by atoms with Crippen molar-refractivity contribution in [3.05, 3.63) is 53.1 Å². The van der Waals surface area contributed by atoms with Crippen LogP contribution in [0.2, 0.25) is 5.02 Å². The first-order chi connectivity index (χ1) is 17.8. The fourth-order valence-electron chi connectivity index (χ4n) is 3.98. The Morgan fingerprint density at radius 3 is 2.24 bits per heavy atom. The van der Waals surface area contributed by atoms with Gasteiger partial charge >= 0.3 is 12.1 Å². The number of carboxylic acids is 1. The maximum absolute atomic E-state index is 12.5. The van der Waals surface area contributed by atoms with E-state index in [4.69, 9.17) is 26.5 Å². The molecule has 1 heterocycles. The van der Waals surface area contributed by atoms with Gasteiger partial charge in [-0.25, -0.2) is 9.78 Å². The molecule has 0 saturated heterocycles. The summed E-state index contributed by atoms with van der Waals surface area (Å²) in [6.07, 6.45) is -1.64. The van der Waals surface area contributed by atoms with Crippen molar-refractivity contribution in [2.75, 3.05) is 24.3 Å². The molecule has 9 nitrogen and oxygen atoms in total. The molecule has 3 aromatic rings. The number of para-hydroxylation sites is 1. The van der Waals surface area contributed by atoms with Gasteiger partial charge in [-0.05, 0) is 56.0 Å². The molecule has 1 fully saturated rings. The maximum atomic E-state index is 12.5.